The fraction of sp³-hybridized carbons (Fsp3) is 1.00. The third-order valence-electron chi connectivity index (χ3n) is 4.36. The average Bonchev–Trinajstić information content (AvgIpc) is 2.31. The van der Waals surface area contributed by atoms with Crippen molar-refractivity contribution in [3.63, 3.8) is 0 Å². The van der Waals surface area contributed by atoms with Crippen molar-refractivity contribution in [2.24, 2.45) is 0 Å². The zero-order chi connectivity index (χ0) is 13.7. The second-order valence-corrected chi connectivity index (χ2v) is 15.6. The molecule has 0 aliphatic carbocycles. The molecule has 3 N–H and O–H groups in total. The van der Waals surface area contributed by atoms with Crippen molar-refractivity contribution < 1.29 is 0 Å². The van der Waals surface area contributed by atoms with Crippen LogP contribution in [0.1, 0.15) is 41.5 Å². The zero-order valence-corrected chi connectivity index (χ0v) is 15.1. The molecule has 0 heterocycles. The molecule has 0 aliphatic rings. The fourth-order valence-corrected chi connectivity index (χ4v) is 13.7. The molecule has 0 atom stereocenters. The van der Waals surface area contributed by atoms with E-state index in [4.69, 9.17) is 0 Å². The first-order chi connectivity index (χ1) is 7.76. The molecule has 0 amide bonds. The quantitative estimate of drug-likeness (QED) is 0.625. The number of hydrogen-bond donors (Lipinski definition) is 3. The normalized spacial score (nSPS) is 14.1. The lowest BCUT2D eigenvalue weighted by Crippen LogP contribution is -2.80. The first-order valence-corrected chi connectivity index (χ1v) is 11.6. The van der Waals surface area contributed by atoms with E-state index in [9.17, 15) is 0 Å². The van der Waals surface area contributed by atoms with Gasteiger partial charge in [-0.2, -0.15) is 0 Å². The lowest BCUT2D eigenvalue weighted by molar-refractivity contribution is 0.651. The standard InChI is InChI=1S/C12H33N3Si2/c1-9-16(10-2,11-3)15-17(13-7,14-8)12(4,5)6/h13-15H,9-11H2,1-8H3. The van der Waals surface area contributed by atoms with Crippen LogP contribution in [0.2, 0.25) is 23.2 Å². The summed E-state index contributed by atoms with van der Waals surface area (Å²) in [4.78, 5) is 7.23. The third kappa shape index (κ3) is 3.64. The van der Waals surface area contributed by atoms with E-state index in [0.717, 1.165) is 0 Å². The Morgan fingerprint density at radius 3 is 1.35 bits per heavy atom. The molecule has 0 aromatic carbocycles. The first-order valence-electron chi connectivity index (χ1n) is 6.93. The summed E-state index contributed by atoms with van der Waals surface area (Å²) >= 11 is 0. The molecule has 104 valence electrons. The van der Waals surface area contributed by atoms with E-state index in [2.05, 4.69) is 70.3 Å². The Labute approximate surface area is 110 Å². The van der Waals surface area contributed by atoms with Crippen molar-refractivity contribution in [1.82, 2.24) is 14.6 Å². The van der Waals surface area contributed by atoms with Gasteiger partial charge in [-0.05, 0) is 37.3 Å². The zero-order valence-electron chi connectivity index (χ0n) is 13.1. The van der Waals surface area contributed by atoms with Crippen LogP contribution in [0.3, 0.4) is 0 Å². The van der Waals surface area contributed by atoms with E-state index in [1.54, 1.807) is 0 Å². The van der Waals surface area contributed by atoms with Gasteiger partial charge in [0.1, 0.15) is 8.24 Å². The Hall–Kier alpha value is 0.314. The molecule has 0 radical (unpaired) electrons. The topological polar surface area (TPSA) is 36.1 Å². The molecule has 0 fully saturated rings. The van der Waals surface area contributed by atoms with Crippen molar-refractivity contribution in [2.75, 3.05) is 14.1 Å². The van der Waals surface area contributed by atoms with Crippen LogP contribution >= 0.6 is 0 Å². The summed E-state index contributed by atoms with van der Waals surface area (Å²) in [7, 11) is 1.05. The van der Waals surface area contributed by atoms with E-state index in [-0.39, 0.29) is 5.04 Å². The van der Waals surface area contributed by atoms with Crippen LogP contribution in [0, 0.1) is 0 Å². The van der Waals surface area contributed by atoms with Crippen molar-refractivity contribution >= 4 is 16.8 Å². The van der Waals surface area contributed by atoms with Crippen LogP contribution in [0.4, 0.5) is 0 Å². The molecule has 0 aliphatic heterocycles. The molecule has 3 nitrogen and oxygen atoms in total. The molecule has 0 saturated carbocycles. The number of hydrogen-bond acceptors (Lipinski definition) is 3. The Balaban J connectivity index is 5.24. The van der Waals surface area contributed by atoms with E-state index in [1.807, 2.05) is 0 Å². The second kappa shape index (κ2) is 6.47. The molecule has 0 unspecified atom stereocenters. The minimum atomic E-state index is -1.83. The van der Waals surface area contributed by atoms with Gasteiger partial charge in [0.05, 0.1) is 0 Å². The lowest BCUT2D eigenvalue weighted by atomic mass is 10.3. The first kappa shape index (κ1) is 17.3. The predicted octanol–water partition coefficient (Wildman–Crippen LogP) is 2.76. The van der Waals surface area contributed by atoms with Gasteiger partial charge < -0.3 is 14.6 Å². The smallest absolute Gasteiger partial charge is 0.279 e. The van der Waals surface area contributed by atoms with Crippen LogP contribution in [-0.2, 0) is 0 Å². The van der Waals surface area contributed by atoms with Crippen LogP contribution in [0.25, 0.3) is 0 Å². The Bertz CT molecular complexity index is 210. The van der Waals surface area contributed by atoms with Crippen molar-refractivity contribution in [1.29, 1.82) is 0 Å². The summed E-state index contributed by atoms with van der Waals surface area (Å²) in [6.07, 6.45) is 0. The molecule has 0 spiro atoms. The van der Waals surface area contributed by atoms with Crippen molar-refractivity contribution in [2.45, 2.75) is 64.7 Å². The van der Waals surface area contributed by atoms with Gasteiger partial charge in [-0.3, -0.25) is 0 Å². The highest BCUT2D eigenvalue weighted by molar-refractivity contribution is 6.92. The van der Waals surface area contributed by atoms with Crippen molar-refractivity contribution in [3.05, 3.63) is 0 Å². The van der Waals surface area contributed by atoms with Gasteiger partial charge in [-0.15, -0.1) is 0 Å². The Morgan fingerprint density at radius 1 is 0.824 bits per heavy atom. The van der Waals surface area contributed by atoms with Crippen LogP contribution in [-0.4, -0.2) is 30.9 Å². The summed E-state index contributed by atoms with van der Waals surface area (Å²) in [6.45, 7) is 14.0. The SMILES string of the molecule is CC[Si](CC)(CC)N[Si](NC)(NC)C(C)(C)C. The summed E-state index contributed by atoms with van der Waals surface area (Å²) in [5.74, 6) is 0. The van der Waals surface area contributed by atoms with E-state index >= 15 is 0 Å². The van der Waals surface area contributed by atoms with Gasteiger partial charge in [-0.25, -0.2) is 0 Å². The van der Waals surface area contributed by atoms with Gasteiger partial charge >= 0.3 is 0 Å². The molecule has 0 saturated heterocycles. The molecule has 17 heavy (non-hydrogen) atoms. The highest BCUT2D eigenvalue weighted by Gasteiger charge is 2.48. The summed E-state index contributed by atoms with van der Waals surface area (Å²) in [5, 5.41) is 0.258. The van der Waals surface area contributed by atoms with E-state index < -0.39 is 16.8 Å². The maximum atomic E-state index is 4.12. The van der Waals surface area contributed by atoms with Gasteiger partial charge in [-0.1, -0.05) is 41.5 Å². The predicted molar refractivity (Wildman–Crippen MR) is 83.9 cm³/mol. The summed E-state index contributed by atoms with van der Waals surface area (Å²) in [6, 6.07) is 3.94. The molecular formula is C12H33N3Si2. The average molecular weight is 276 g/mol. The largest absolute Gasteiger partial charge is 0.334 e. The fourth-order valence-electron chi connectivity index (χ4n) is 2.60. The van der Waals surface area contributed by atoms with E-state index in [1.165, 1.54) is 18.1 Å². The lowest BCUT2D eigenvalue weighted by Gasteiger charge is -2.48. The van der Waals surface area contributed by atoms with E-state index in [0.29, 0.717) is 0 Å². The molecule has 0 aromatic rings. The Morgan fingerprint density at radius 2 is 1.18 bits per heavy atom. The van der Waals surface area contributed by atoms with Crippen molar-refractivity contribution in [3.8, 4) is 0 Å². The monoisotopic (exact) mass is 275 g/mol. The molecule has 0 bridgehead atoms. The van der Waals surface area contributed by atoms with Gasteiger partial charge in [0.25, 0.3) is 8.56 Å². The summed E-state index contributed by atoms with van der Waals surface area (Å²) < 4.78 is 4.12. The summed E-state index contributed by atoms with van der Waals surface area (Å²) in [5.41, 5.74) is 0. The molecule has 5 heteroatoms. The Kier molecular flexibility index (Phi) is 6.59. The van der Waals surface area contributed by atoms with Crippen LogP contribution in [0.5, 0.6) is 0 Å². The highest BCUT2D eigenvalue weighted by Crippen LogP contribution is 2.32. The minimum absolute atomic E-state index is 0.258. The maximum Gasteiger partial charge on any atom is 0.279 e. The van der Waals surface area contributed by atoms with Crippen LogP contribution in [0.15, 0.2) is 0 Å². The number of rotatable bonds is 7. The van der Waals surface area contributed by atoms with Gasteiger partial charge in [0, 0.05) is 0 Å². The van der Waals surface area contributed by atoms with Gasteiger partial charge in [0.15, 0.2) is 0 Å². The number of nitrogens with one attached hydrogen (secondary N) is 3. The molecule has 0 aromatic heterocycles. The second-order valence-electron chi connectivity index (χ2n) is 5.97. The molecular weight excluding hydrogens is 242 g/mol. The van der Waals surface area contributed by atoms with Crippen LogP contribution < -0.4 is 14.6 Å². The molecule has 0 rings (SSSR count). The minimum Gasteiger partial charge on any atom is -0.334 e. The highest BCUT2D eigenvalue weighted by atomic mass is 28.4. The maximum absolute atomic E-state index is 4.12. The van der Waals surface area contributed by atoms with Gasteiger partial charge in [0.2, 0.25) is 0 Å². The third-order valence-corrected chi connectivity index (χ3v) is 15.8.